The monoisotopic (exact) mass is 280 g/mol. The van der Waals surface area contributed by atoms with Crippen LogP contribution in [0.15, 0.2) is 36.4 Å². The maximum absolute atomic E-state index is 6.14. The van der Waals surface area contributed by atoms with E-state index in [1.807, 2.05) is 30.3 Å². The Morgan fingerprint density at radius 1 is 0.941 bits per heavy atom. The van der Waals surface area contributed by atoms with Gasteiger partial charge in [-0.3, -0.25) is 0 Å². The first-order valence-electron chi connectivity index (χ1n) is 4.92. The average Bonchev–Trinajstić information content (AvgIpc) is 2.72. The molecule has 0 fully saturated rings. The van der Waals surface area contributed by atoms with E-state index < -0.39 is 0 Å². The number of halogens is 2. The number of benzene rings is 1. The van der Waals surface area contributed by atoms with Crippen molar-refractivity contribution in [2.45, 2.75) is 0 Å². The van der Waals surface area contributed by atoms with Gasteiger partial charge < -0.3 is 0 Å². The van der Waals surface area contributed by atoms with E-state index in [0.717, 1.165) is 20.9 Å². The Labute approximate surface area is 112 Å². The molecule has 2 nitrogen and oxygen atoms in total. The molecule has 3 aromatic rings. The number of fused-ring (bicyclic) bond motifs is 1. The molecule has 0 bridgehead atoms. The van der Waals surface area contributed by atoms with E-state index in [1.165, 1.54) is 11.3 Å². The lowest BCUT2D eigenvalue weighted by Crippen LogP contribution is -1.77. The summed E-state index contributed by atoms with van der Waals surface area (Å²) >= 11 is 13.5. The molecule has 0 spiro atoms. The Kier molecular flexibility index (Phi) is 2.74. The van der Waals surface area contributed by atoms with Gasteiger partial charge in [0.2, 0.25) is 0 Å². The van der Waals surface area contributed by atoms with Gasteiger partial charge in [0.05, 0.1) is 5.02 Å². The van der Waals surface area contributed by atoms with Gasteiger partial charge in [-0.1, -0.05) is 52.7 Å². The molecule has 3 rings (SSSR count). The SMILES string of the molecule is Clc1ccc2nc(-c3ccccc3Cl)sc2n1. The highest BCUT2D eigenvalue weighted by Crippen LogP contribution is 2.33. The molecule has 84 valence electrons. The molecular weight excluding hydrogens is 275 g/mol. The van der Waals surface area contributed by atoms with Crippen LogP contribution >= 0.6 is 34.5 Å². The van der Waals surface area contributed by atoms with Crippen LogP contribution in [0.25, 0.3) is 20.9 Å². The van der Waals surface area contributed by atoms with Crippen LogP contribution < -0.4 is 0 Å². The van der Waals surface area contributed by atoms with Crippen molar-refractivity contribution in [1.29, 1.82) is 0 Å². The summed E-state index contributed by atoms with van der Waals surface area (Å²) in [5, 5.41) is 2.03. The summed E-state index contributed by atoms with van der Waals surface area (Å²) in [4.78, 5) is 9.55. The highest BCUT2D eigenvalue weighted by Gasteiger charge is 2.10. The maximum Gasteiger partial charge on any atom is 0.145 e. The summed E-state index contributed by atoms with van der Waals surface area (Å²) < 4.78 is 0. The molecule has 1 aromatic carbocycles. The second-order valence-electron chi connectivity index (χ2n) is 3.46. The van der Waals surface area contributed by atoms with Gasteiger partial charge in [0, 0.05) is 5.56 Å². The summed E-state index contributed by atoms with van der Waals surface area (Å²) in [6.07, 6.45) is 0. The van der Waals surface area contributed by atoms with Crippen molar-refractivity contribution in [3.8, 4) is 10.6 Å². The summed E-state index contributed by atoms with van der Waals surface area (Å²) in [5.41, 5.74) is 1.77. The van der Waals surface area contributed by atoms with E-state index in [0.29, 0.717) is 10.2 Å². The zero-order valence-corrected chi connectivity index (χ0v) is 10.9. The lowest BCUT2D eigenvalue weighted by molar-refractivity contribution is 1.40. The van der Waals surface area contributed by atoms with E-state index in [4.69, 9.17) is 23.2 Å². The molecule has 0 saturated carbocycles. The van der Waals surface area contributed by atoms with Gasteiger partial charge in [-0.2, -0.15) is 0 Å². The topological polar surface area (TPSA) is 25.8 Å². The zero-order chi connectivity index (χ0) is 11.8. The minimum atomic E-state index is 0.479. The zero-order valence-electron chi connectivity index (χ0n) is 8.52. The standard InChI is InChI=1S/C12H6Cl2N2S/c13-8-4-2-1-3-7(8)11-15-9-5-6-10(14)16-12(9)17-11/h1-6H. The fourth-order valence-electron chi connectivity index (χ4n) is 1.54. The van der Waals surface area contributed by atoms with Gasteiger partial charge in [0.15, 0.2) is 0 Å². The minimum Gasteiger partial charge on any atom is -0.234 e. The lowest BCUT2D eigenvalue weighted by Gasteiger charge is -1.97. The number of pyridine rings is 1. The van der Waals surface area contributed by atoms with Crippen molar-refractivity contribution in [3.05, 3.63) is 46.6 Å². The van der Waals surface area contributed by atoms with E-state index in [-0.39, 0.29) is 0 Å². The Bertz CT molecular complexity index is 694. The highest BCUT2D eigenvalue weighted by atomic mass is 35.5. The first-order chi connectivity index (χ1) is 8.24. The first kappa shape index (κ1) is 11.0. The third kappa shape index (κ3) is 2.02. The van der Waals surface area contributed by atoms with Crippen LogP contribution in [0, 0.1) is 0 Å². The normalized spacial score (nSPS) is 10.9. The number of nitrogens with zero attached hydrogens (tertiary/aromatic N) is 2. The van der Waals surface area contributed by atoms with Crippen LogP contribution in [0.2, 0.25) is 10.2 Å². The van der Waals surface area contributed by atoms with Gasteiger partial charge in [-0.15, -0.1) is 0 Å². The second-order valence-corrected chi connectivity index (χ2v) is 5.23. The quantitative estimate of drug-likeness (QED) is 0.606. The molecule has 0 N–H and O–H groups in total. The molecular formula is C12H6Cl2N2S. The molecule has 0 saturated heterocycles. The smallest absolute Gasteiger partial charge is 0.145 e. The predicted octanol–water partition coefficient (Wildman–Crippen LogP) is 4.67. The number of hydrogen-bond acceptors (Lipinski definition) is 3. The predicted molar refractivity (Wildman–Crippen MR) is 72.9 cm³/mol. The maximum atomic E-state index is 6.14. The van der Waals surface area contributed by atoms with Crippen molar-refractivity contribution in [1.82, 2.24) is 9.97 Å². The molecule has 2 aromatic heterocycles. The van der Waals surface area contributed by atoms with Gasteiger partial charge >= 0.3 is 0 Å². The lowest BCUT2D eigenvalue weighted by atomic mass is 10.2. The van der Waals surface area contributed by atoms with Gasteiger partial charge in [-0.25, -0.2) is 9.97 Å². The average molecular weight is 281 g/mol. The molecule has 0 amide bonds. The molecule has 17 heavy (non-hydrogen) atoms. The van der Waals surface area contributed by atoms with Crippen molar-refractivity contribution < 1.29 is 0 Å². The van der Waals surface area contributed by atoms with E-state index in [1.54, 1.807) is 6.07 Å². The Morgan fingerprint density at radius 2 is 1.76 bits per heavy atom. The van der Waals surface area contributed by atoms with Crippen LogP contribution in [0.4, 0.5) is 0 Å². The van der Waals surface area contributed by atoms with Crippen LogP contribution in [0.1, 0.15) is 0 Å². The van der Waals surface area contributed by atoms with E-state index >= 15 is 0 Å². The molecule has 5 heteroatoms. The Hall–Kier alpha value is -1.16. The number of thiazole rings is 1. The summed E-state index contributed by atoms with van der Waals surface area (Å²) in [5.74, 6) is 0. The summed E-state index contributed by atoms with van der Waals surface area (Å²) in [6, 6.07) is 11.2. The first-order valence-corrected chi connectivity index (χ1v) is 6.49. The molecule has 0 aliphatic heterocycles. The molecule has 0 aliphatic carbocycles. The van der Waals surface area contributed by atoms with Gasteiger partial charge in [0.1, 0.15) is 20.5 Å². The van der Waals surface area contributed by atoms with Crippen molar-refractivity contribution in [2.24, 2.45) is 0 Å². The third-order valence-corrected chi connectivity index (χ3v) is 3.86. The molecule has 0 atom stereocenters. The van der Waals surface area contributed by atoms with Crippen molar-refractivity contribution in [3.63, 3.8) is 0 Å². The highest BCUT2D eigenvalue weighted by molar-refractivity contribution is 7.21. The molecule has 2 heterocycles. The van der Waals surface area contributed by atoms with E-state index in [2.05, 4.69) is 9.97 Å². The Morgan fingerprint density at radius 3 is 2.59 bits per heavy atom. The van der Waals surface area contributed by atoms with Crippen LogP contribution in [-0.4, -0.2) is 9.97 Å². The summed E-state index contributed by atoms with van der Waals surface area (Å²) in [7, 11) is 0. The molecule has 0 radical (unpaired) electrons. The molecule has 0 unspecified atom stereocenters. The van der Waals surface area contributed by atoms with Crippen LogP contribution in [0.5, 0.6) is 0 Å². The van der Waals surface area contributed by atoms with E-state index in [9.17, 15) is 0 Å². The van der Waals surface area contributed by atoms with Crippen LogP contribution in [-0.2, 0) is 0 Å². The minimum absolute atomic E-state index is 0.479. The number of aromatic nitrogens is 2. The molecule has 0 aliphatic rings. The fraction of sp³-hybridized carbons (Fsp3) is 0. The van der Waals surface area contributed by atoms with Crippen LogP contribution in [0.3, 0.4) is 0 Å². The Balaban J connectivity index is 2.22. The van der Waals surface area contributed by atoms with Crippen molar-refractivity contribution >= 4 is 44.9 Å². The fourth-order valence-corrected chi connectivity index (χ4v) is 3.00. The van der Waals surface area contributed by atoms with Gasteiger partial charge in [0.25, 0.3) is 0 Å². The summed E-state index contributed by atoms with van der Waals surface area (Å²) in [6.45, 7) is 0. The second kappa shape index (κ2) is 4.26. The third-order valence-electron chi connectivity index (χ3n) is 2.33. The number of rotatable bonds is 1. The largest absolute Gasteiger partial charge is 0.234 e. The van der Waals surface area contributed by atoms with Gasteiger partial charge in [-0.05, 0) is 18.2 Å². The van der Waals surface area contributed by atoms with Crippen molar-refractivity contribution in [2.75, 3.05) is 0 Å². The number of hydrogen-bond donors (Lipinski definition) is 0.